The van der Waals surface area contributed by atoms with Crippen molar-refractivity contribution in [3.63, 3.8) is 0 Å². The van der Waals surface area contributed by atoms with E-state index < -0.39 is 0 Å². The summed E-state index contributed by atoms with van der Waals surface area (Å²) in [4.78, 5) is 10.4. The van der Waals surface area contributed by atoms with Gasteiger partial charge in [-0.1, -0.05) is 0 Å². The van der Waals surface area contributed by atoms with Crippen LogP contribution in [0.1, 0.15) is 19.3 Å². The second kappa shape index (κ2) is 11.4. The van der Waals surface area contributed by atoms with Gasteiger partial charge in [0.1, 0.15) is 0 Å². The van der Waals surface area contributed by atoms with Crippen molar-refractivity contribution in [2.45, 2.75) is 19.3 Å². The van der Waals surface area contributed by atoms with E-state index in [0.717, 1.165) is 6.42 Å². The molecule has 0 saturated heterocycles. The molecule has 1 amide bonds. The van der Waals surface area contributed by atoms with E-state index >= 15 is 0 Å². The molecule has 5 heteroatoms. The van der Waals surface area contributed by atoms with Crippen molar-refractivity contribution in [1.29, 1.82) is 0 Å². The summed E-state index contributed by atoms with van der Waals surface area (Å²) >= 11 is 0. The molecule has 0 bridgehead atoms. The minimum Gasteiger partial charge on any atom is -0.382 e. The van der Waals surface area contributed by atoms with E-state index in [1.54, 1.807) is 7.11 Å². The Morgan fingerprint density at radius 3 is 2.20 bits per heavy atom. The lowest BCUT2D eigenvalue weighted by molar-refractivity contribution is -0.118. The lowest BCUT2D eigenvalue weighted by Crippen LogP contribution is -2.11. The van der Waals surface area contributed by atoms with Gasteiger partial charge in [0.25, 0.3) is 0 Å². The molecule has 0 heterocycles. The third-order valence-corrected chi connectivity index (χ3v) is 1.72. The molecule has 5 nitrogen and oxygen atoms in total. The smallest absolute Gasteiger partial charge is 0.217 e. The van der Waals surface area contributed by atoms with Crippen LogP contribution in [-0.4, -0.2) is 46.1 Å². The minimum absolute atomic E-state index is 0.276. The van der Waals surface area contributed by atoms with Crippen LogP contribution in [0.25, 0.3) is 0 Å². The number of methoxy groups -OCH3 is 1. The van der Waals surface area contributed by atoms with E-state index in [1.165, 1.54) is 0 Å². The summed E-state index contributed by atoms with van der Waals surface area (Å²) in [6.45, 7) is 3.17. The van der Waals surface area contributed by atoms with Gasteiger partial charge in [0.2, 0.25) is 5.91 Å². The zero-order valence-corrected chi connectivity index (χ0v) is 9.37. The van der Waals surface area contributed by atoms with Crippen LogP contribution in [0.3, 0.4) is 0 Å². The van der Waals surface area contributed by atoms with Crippen LogP contribution in [-0.2, 0) is 19.0 Å². The van der Waals surface area contributed by atoms with E-state index in [1.807, 2.05) is 0 Å². The van der Waals surface area contributed by atoms with Gasteiger partial charge in [-0.15, -0.1) is 0 Å². The summed E-state index contributed by atoms with van der Waals surface area (Å²) in [5, 5.41) is 0. The maximum atomic E-state index is 10.4. The molecule has 0 saturated carbocycles. The molecule has 0 fully saturated rings. The molecule has 90 valence electrons. The van der Waals surface area contributed by atoms with Gasteiger partial charge in [-0.05, 0) is 12.8 Å². The predicted octanol–water partition coefficient (Wildman–Crippen LogP) is 0.322. The molecule has 0 radical (unpaired) electrons. The van der Waals surface area contributed by atoms with E-state index in [-0.39, 0.29) is 5.91 Å². The normalized spacial score (nSPS) is 10.5. The number of carbonyl (C=O) groups excluding carboxylic acids is 1. The maximum Gasteiger partial charge on any atom is 0.217 e. The fourth-order valence-electron chi connectivity index (χ4n) is 0.958. The molecule has 2 N–H and O–H groups in total. The minimum atomic E-state index is -0.276. The Kier molecular flexibility index (Phi) is 10.9. The predicted molar refractivity (Wildman–Crippen MR) is 56.6 cm³/mol. The number of ether oxygens (including phenoxy) is 3. The first kappa shape index (κ1) is 14.3. The van der Waals surface area contributed by atoms with Gasteiger partial charge < -0.3 is 19.9 Å². The number of hydrogen-bond donors (Lipinski definition) is 1. The van der Waals surface area contributed by atoms with Crippen LogP contribution >= 0.6 is 0 Å². The van der Waals surface area contributed by atoms with Crippen molar-refractivity contribution in [1.82, 2.24) is 0 Å². The first-order valence-corrected chi connectivity index (χ1v) is 5.20. The van der Waals surface area contributed by atoms with Crippen molar-refractivity contribution in [2.24, 2.45) is 5.73 Å². The molecule has 0 spiro atoms. The number of rotatable bonds is 11. The highest BCUT2D eigenvalue weighted by Crippen LogP contribution is 1.91. The molecule has 0 unspecified atom stereocenters. The van der Waals surface area contributed by atoms with Crippen molar-refractivity contribution >= 4 is 5.91 Å². The first-order valence-electron chi connectivity index (χ1n) is 5.20. The van der Waals surface area contributed by atoms with Crippen LogP contribution in [0.2, 0.25) is 0 Å². The van der Waals surface area contributed by atoms with Crippen LogP contribution < -0.4 is 5.73 Å². The lowest BCUT2D eigenvalue weighted by atomic mass is 10.3. The number of nitrogens with two attached hydrogens (primary N) is 1. The lowest BCUT2D eigenvalue weighted by Gasteiger charge is -2.04. The van der Waals surface area contributed by atoms with Crippen molar-refractivity contribution in [2.75, 3.05) is 40.1 Å². The fraction of sp³-hybridized carbons (Fsp3) is 0.900. The van der Waals surface area contributed by atoms with Gasteiger partial charge in [0.05, 0.1) is 13.2 Å². The molecule has 0 aromatic carbocycles. The van der Waals surface area contributed by atoms with Gasteiger partial charge in [-0.2, -0.15) is 0 Å². The SMILES string of the molecule is COCCOCCCOCCCC(N)=O. The summed E-state index contributed by atoms with van der Waals surface area (Å²) in [5.74, 6) is -0.276. The monoisotopic (exact) mass is 219 g/mol. The second-order valence-electron chi connectivity index (χ2n) is 3.14. The van der Waals surface area contributed by atoms with Crippen molar-refractivity contribution in [3.05, 3.63) is 0 Å². The van der Waals surface area contributed by atoms with Gasteiger partial charge in [0.15, 0.2) is 0 Å². The molecule has 0 aromatic heterocycles. The Hall–Kier alpha value is -0.650. The van der Waals surface area contributed by atoms with Crippen molar-refractivity contribution < 1.29 is 19.0 Å². The van der Waals surface area contributed by atoms with E-state index in [0.29, 0.717) is 45.9 Å². The summed E-state index contributed by atoms with van der Waals surface area (Å²) < 4.78 is 15.3. The Balaban J connectivity index is 2.89. The molecule has 0 aliphatic carbocycles. The molecule has 0 aliphatic heterocycles. The topological polar surface area (TPSA) is 70.8 Å². The van der Waals surface area contributed by atoms with E-state index in [2.05, 4.69) is 0 Å². The third kappa shape index (κ3) is 13.3. The van der Waals surface area contributed by atoms with Crippen LogP contribution in [0, 0.1) is 0 Å². The van der Waals surface area contributed by atoms with Gasteiger partial charge in [-0.25, -0.2) is 0 Å². The number of amides is 1. The highest BCUT2D eigenvalue weighted by molar-refractivity contribution is 5.73. The van der Waals surface area contributed by atoms with Gasteiger partial charge in [0, 0.05) is 33.4 Å². The summed E-state index contributed by atoms with van der Waals surface area (Å²) in [5.41, 5.74) is 4.98. The van der Waals surface area contributed by atoms with E-state index in [4.69, 9.17) is 19.9 Å². The zero-order chi connectivity index (χ0) is 11.4. The summed E-state index contributed by atoms with van der Waals surface area (Å²) in [7, 11) is 1.64. The Morgan fingerprint density at radius 1 is 1.00 bits per heavy atom. The van der Waals surface area contributed by atoms with Crippen LogP contribution in [0.15, 0.2) is 0 Å². The molecule has 15 heavy (non-hydrogen) atoms. The number of primary amides is 1. The van der Waals surface area contributed by atoms with Crippen molar-refractivity contribution in [3.8, 4) is 0 Å². The molecule has 0 atom stereocenters. The third-order valence-electron chi connectivity index (χ3n) is 1.72. The highest BCUT2D eigenvalue weighted by Gasteiger charge is 1.94. The van der Waals surface area contributed by atoms with Gasteiger partial charge in [-0.3, -0.25) is 4.79 Å². The molecule has 0 rings (SSSR count). The first-order chi connectivity index (χ1) is 7.27. The average molecular weight is 219 g/mol. The average Bonchev–Trinajstić information content (AvgIpc) is 2.20. The Bertz CT molecular complexity index is 152. The van der Waals surface area contributed by atoms with E-state index in [9.17, 15) is 4.79 Å². The second-order valence-corrected chi connectivity index (χ2v) is 3.14. The fourth-order valence-corrected chi connectivity index (χ4v) is 0.958. The largest absolute Gasteiger partial charge is 0.382 e. The molecule has 0 aliphatic rings. The summed E-state index contributed by atoms with van der Waals surface area (Å²) in [6.07, 6.45) is 1.95. The number of carbonyl (C=O) groups is 1. The maximum absolute atomic E-state index is 10.4. The van der Waals surface area contributed by atoms with Crippen LogP contribution in [0.4, 0.5) is 0 Å². The van der Waals surface area contributed by atoms with Gasteiger partial charge >= 0.3 is 0 Å². The van der Waals surface area contributed by atoms with Crippen LogP contribution in [0.5, 0.6) is 0 Å². The highest BCUT2D eigenvalue weighted by atomic mass is 16.5. The number of hydrogen-bond acceptors (Lipinski definition) is 4. The summed E-state index contributed by atoms with van der Waals surface area (Å²) in [6, 6.07) is 0. The quantitative estimate of drug-likeness (QED) is 0.508. The molecule has 0 aromatic rings. The molecular formula is C10H21NO4. The zero-order valence-electron chi connectivity index (χ0n) is 9.37. The standard InChI is InChI=1S/C10H21NO4/c1-13-8-9-15-7-3-6-14-5-2-4-10(11)12/h2-9H2,1H3,(H2,11,12). The Labute approximate surface area is 90.9 Å². The Morgan fingerprint density at radius 2 is 1.60 bits per heavy atom. The molecular weight excluding hydrogens is 198 g/mol.